The summed E-state index contributed by atoms with van der Waals surface area (Å²) in [5.41, 5.74) is 2.78. The van der Waals surface area contributed by atoms with E-state index in [0.717, 1.165) is 15.6 Å². The van der Waals surface area contributed by atoms with Crippen LogP contribution in [0.5, 0.6) is 11.5 Å². The van der Waals surface area contributed by atoms with Gasteiger partial charge in [-0.25, -0.2) is 0 Å². The van der Waals surface area contributed by atoms with Gasteiger partial charge in [0.15, 0.2) is 11.5 Å². The fraction of sp³-hybridized carbons (Fsp3) is 0.120. The molecular formula is C25H19Br2ClN2O3. The van der Waals surface area contributed by atoms with Crippen molar-refractivity contribution in [1.82, 2.24) is 0 Å². The highest BCUT2D eigenvalue weighted by Gasteiger charge is 2.15. The van der Waals surface area contributed by atoms with Gasteiger partial charge in [-0.3, -0.25) is 4.79 Å². The van der Waals surface area contributed by atoms with Gasteiger partial charge in [0.2, 0.25) is 0 Å². The van der Waals surface area contributed by atoms with E-state index in [0.29, 0.717) is 38.9 Å². The predicted molar refractivity (Wildman–Crippen MR) is 138 cm³/mol. The maximum Gasteiger partial charge on any atom is 0.266 e. The lowest BCUT2D eigenvalue weighted by Crippen LogP contribution is -2.14. The smallest absolute Gasteiger partial charge is 0.266 e. The quantitative estimate of drug-likeness (QED) is 0.231. The van der Waals surface area contributed by atoms with E-state index in [1.165, 1.54) is 13.2 Å². The normalized spacial score (nSPS) is 11.0. The van der Waals surface area contributed by atoms with Crippen LogP contribution in [0.4, 0.5) is 5.69 Å². The molecule has 0 heterocycles. The molecular weight excluding hydrogens is 572 g/mol. The van der Waals surface area contributed by atoms with Gasteiger partial charge in [0.1, 0.15) is 18.2 Å². The molecule has 0 saturated carbocycles. The molecule has 3 aromatic carbocycles. The zero-order valence-corrected chi connectivity index (χ0v) is 21.7. The number of halogens is 3. The lowest BCUT2D eigenvalue weighted by molar-refractivity contribution is -0.112. The fourth-order valence-electron chi connectivity index (χ4n) is 2.98. The van der Waals surface area contributed by atoms with E-state index < -0.39 is 5.91 Å². The van der Waals surface area contributed by atoms with Crippen LogP contribution in [0.25, 0.3) is 6.08 Å². The topological polar surface area (TPSA) is 71.3 Å². The average Bonchev–Trinajstić information content (AvgIpc) is 2.80. The standard InChI is InChI=1S/C25H19Br2ClN2O3/c1-15-21(28)8-5-9-22(15)30-25(31)18(13-29)10-16-11-20(27)24(23(12-16)32-2)33-14-17-6-3-4-7-19(17)26/h3-12H,14H2,1-2H3,(H,30,31)/b18-10+. The summed E-state index contributed by atoms with van der Waals surface area (Å²) in [7, 11) is 1.53. The van der Waals surface area contributed by atoms with Crippen LogP contribution in [0.1, 0.15) is 16.7 Å². The highest BCUT2D eigenvalue weighted by Crippen LogP contribution is 2.38. The number of nitriles is 1. The zero-order valence-electron chi connectivity index (χ0n) is 17.8. The van der Waals surface area contributed by atoms with E-state index in [2.05, 4.69) is 37.2 Å². The summed E-state index contributed by atoms with van der Waals surface area (Å²) in [6, 6.07) is 18.4. The van der Waals surface area contributed by atoms with E-state index in [1.54, 1.807) is 37.3 Å². The first-order chi connectivity index (χ1) is 15.8. The third-order valence-electron chi connectivity index (χ3n) is 4.77. The van der Waals surface area contributed by atoms with Crippen molar-refractivity contribution < 1.29 is 14.3 Å². The van der Waals surface area contributed by atoms with Crippen molar-refractivity contribution in [2.45, 2.75) is 13.5 Å². The zero-order chi connectivity index (χ0) is 24.0. The molecule has 0 bridgehead atoms. The van der Waals surface area contributed by atoms with Gasteiger partial charge in [-0.1, -0.05) is 51.8 Å². The van der Waals surface area contributed by atoms with E-state index in [9.17, 15) is 10.1 Å². The number of anilines is 1. The van der Waals surface area contributed by atoms with Gasteiger partial charge in [0, 0.05) is 20.7 Å². The Balaban J connectivity index is 1.85. The van der Waals surface area contributed by atoms with Gasteiger partial charge in [0.25, 0.3) is 5.91 Å². The summed E-state index contributed by atoms with van der Waals surface area (Å²) in [6.07, 6.45) is 1.49. The van der Waals surface area contributed by atoms with Gasteiger partial charge < -0.3 is 14.8 Å². The number of methoxy groups -OCH3 is 1. The second kappa shape index (κ2) is 11.4. The van der Waals surface area contributed by atoms with Crippen molar-refractivity contribution in [1.29, 1.82) is 5.26 Å². The molecule has 0 aliphatic rings. The van der Waals surface area contributed by atoms with Crippen LogP contribution >= 0.6 is 43.5 Å². The van der Waals surface area contributed by atoms with Crippen molar-refractivity contribution in [3.8, 4) is 17.6 Å². The van der Waals surface area contributed by atoms with E-state index in [1.807, 2.05) is 30.3 Å². The monoisotopic (exact) mass is 588 g/mol. The Kier molecular flexibility index (Phi) is 8.56. The number of carbonyl (C=O) groups excluding carboxylic acids is 1. The second-order valence-corrected chi connectivity index (χ2v) is 9.07. The van der Waals surface area contributed by atoms with Gasteiger partial charge in [-0.15, -0.1) is 0 Å². The largest absolute Gasteiger partial charge is 0.493 e. The van der Waals surface area contributed by atoms with Crippen molar-refractivity contribution in [2.75, 3.05) is 12.4 Å². The van der Waals surface area contributed by atoms with Crippen LogP contribution < -0.4 is 14.8 Å². The van der Waals surface area contributed by atoms with Crippen molar-refractivity contribution in [2.24, 2.45) is 0 Å². The molecule has 3 rings (SSSR count). The molecule has 8 heteroatoms. The number of hydrogen-bond acceptors (Lipinski definition) is 4. The molecule has 1 N–H and O–H groups in total. The molecule has 0 spiro atoms. The highest BCUT2D eigenvalue weighted by atomic mass is 79.9. The molecule has 0 unspecified atom stereocenters. The Morgan fingerprint density at radius 3 is 2.61 bits per heavy atom. The van der Waals surface area contributed by atoms with Gasteiger partial charge in [0.05, 0.1) is 11.6 Å². The summed E-state index contributed by atoms with van der Waals surface area (Å²) in [4.78, 5) is 12.7. The van der Waals surface area contributed by atoms with Crippen molar-refractivity contribution >= 4 is 61.1 Å². The first kappa shape index (κ1) is 24.8. The second-order valence-electron chi connectivity index (χ2n) is 6.95. The molecule has 0 fully saturated rings. The molecule has 1 amide bonds. The van der Waals surface area contributed by atoms with Crippen LogP contribution in [0.15, 0.2) is 69.1 Å². The van der Waals surface area contributed by atoms with Gasteiger partial charge >= 0.3 is 0 Å². The minimum atomic E-state index is -0.535. The number of nitrogens with zero attached hydrogens (tertiary/aromatic N) is 1. The lowest BCUT2D eigenvalue weighted by Gasteiger charge is -2.14. The summed E-state index contributed by atoms with van der Waals surface area (Å²) in [5, 5.41) is 12.8. The molecule has 0 atom stereocenters. The summed E-state index contributed by atoms with van der Waals surface area (Å²) < 4.78 is 13.0. The number of benzene rings is 3. The Hall–Kier alpha value is -2.79. The summed E-state index contributed by atoms with van der Waals surface area (Å²) in [5.74, 6) is 0.446. The number of amides is 1. The van der Waals surface area contributed by atoms with Crippen LogP contribution in [-0.2, 0) is 11.4 Å². The number of rotatable bonds is 7. The minimum absolute atomic E-state index is 0.0646. The first-order valence-electron chi connectivity index (χ1n) is 9.76. The molecule has 0 aromatic heterocycles. The molecule has 0 radical (unpaired) electrons. The number of ether oxygens (including phenoxy) is 2. The molecule has 5 nitrogen and oxygen atoms in total. The molecule has 0 aliphatic carbocycles. The summed E-state index contributed by atoms with van der Waals surface area (Å²) >= 11 is 13.1. The SMILES string of the molecule is COc1cc(/C=C(\C#N)C(=O)Nc2cccc(Cl)c2C)cc(Br)c1OCc1ccccc1Br. The van der Waals surface area contributed by atoms with Gasteiger partial charge in [-0.2, -0.15) is 5.26 Å². The maximum absolute atomic E-state index is 12.7. The number of nitrogens with one attached hydrogen (secondary N) is 1. The average molecular weight is 591 g/mol. The third-order valence-corrected chi connectivity index (χ3v) is 6.55. The van der Waals surface area contributed by atoms with Crippen LogP contribution in [0, 0.1) is 18.3 Å². The Bertz CT molecular complexity index is 1270. The van der Waals surface area contributed by atoms with Crippen LogP contribution in [0.3, 0.4) is 0 Å². The van der Waals surface area contributed by atoms with E-state index in [4.69, 9.17) is 21.1 Å². The van der Waals surface area contributed by atoms with E-state index in [-0.39, 0.29) is 5.57 Å². The Morgan fingerprint density at radius 2 is 1.91 bits per heavy atom. The highest BCUT2D eigenvalue weighted by molar-refractivity contribution is 9.10. The van der Waals surface area contributed by atoms with Crippen LogP contribution in [-0.4, -0.2) is 13.0 Å². The first-order valence-corrected chi connectivity index (χ1v) is 11.7. The Morgan fingerprint density at radius 1 is 1.15 bits per heavy atom. The third kappa shape index (κ3) is 6.17. The Labute approximate surface area is 214 Å². The fourth-order valence-corrected chi connectivity index (χ4v) is 4.12. The molecule has 168 valence electrons. The van der Waals surface area contributed by atoms with Crippen LogP contribution in [0.2, 0.25) is 5.02 Å². The molecule has 0 saturated heterocycles. The predicted octanol–water partition coefficient (Wildman–Crippen LogP) is 7.31. The lowest BCUT2D eigenvalue weighted by atomic mass is 10.1. The van der Waals surface area contributed by atoms with E-state index >= 15 is 0 Å². The van der Waals surface area contributed by atoms with Crippen molar-refractivity contribution in [3.05, 3.63) is 90.8 Å². The summed E-state index contributed by atoms with van der Waals surface area (Å²) in [6.45, 7) is 2.12. The number of hydrogen-bond donors (Lipinski definition) is 1. The molecule has 0 aliphatic heterocycles. The maximum atomic E-state index is 12.7. The number of carbonyl (C=O) groups is 1. The van der Waals surface area contributed by atoms with Crippen molar-refractivity contribution in [3.63, 3.8) is 0 Å². The van der Waals surface area contributed by atoms with Gasteiger partial charge in [-0.05, 0) is 70.4 Å². The molecule has 33 heavy (non-hydrogen) atoms. The minimum Gasteiger partial charge on any atom is -0.493 e. The molecule has 3 aromatic rings.